The van der Waals surface area contributed by atoms with Crippen molar-refractivity contribution in [2.45, 2.75) is 17.9 Å². The van der Waals surface area contributed by atoms with Crippen LogP contribution in [0.1, 0.15) is 22.7 Å². The molecule has 0 spiro atoms. The van der Waals surface area contributed by atoms with E-state index in [-0.39, 0.29) is 29.4 Å². The molecule has 0 saturated carbocycles. The van der Waals surface area contributed by atoms with Crippen LogP contribution in [0.25, 0.3) is 0 Å². The van der Waals surface area contributed by atoms with Crippen LogP contribution in [0.4, 0.5) is 5.82 Å². The molecular weight excluding hydrogens is 482 g/mol. The Morgan fingerprint density at radius 3 is 2.03 bits per heavy atom. The Morgan fingerprint density at radius 1 is 0.889 bits per heavy atom. The molecule has 1 unspecified atom stereocenters. The highest BCUT2D eigenvalue weighted by molar-refractivity contribution is 7.89. The Labute approximate surface area is 210 Å². The van der Waals surface area contributed by atoms with Gasteiger partial charge in [-0.3, -0.25) is 18.8 Å². The molecule has 10 nitrogen and oxygen atoms in total. The number of nitrogens with two attached hydrogens (primary N) is 1. The van der Waals surface area contributed by atoms with Gasteiger partial charge in [-0.15, -0.1) is 0 Å². The van der Waals surface area contributed by atoms with Crippen LogP contribution in [0.2, 0.25) is 0 Å². The van der Waals surface area contributed by atoms with Crippen LogP contribution in [-0.2, 0) is 24.1 Å². The summed E-state index contributed by atoms with van der Waals surface area (Å²) in [6, 6.07) is 13.5. The molecule has 0 radical (unpaired) electrons. The number of nitrogen functional groups attached to an aromatic ring is 1. The summed E-state index contributed by atoms with van der Waals surface area (Å²) in [6.45, 7) is 3.13. The van der Waals surface area contributed by atoms with Crippen LogP contribution in [0.3, 0.4) is 0 Å². The van der Waals surface area contributed by atoms with E-state index in [1.165, 1.54) is 23.0 Å². The molecule has 2 N–H and O–H groups in total. The van der Waals surface area contributed by atoms with Gasteiger partial charge in [0.2, 0.25) is 10.0 Å². The van der Waals surface area contributed by atoms with Gasteiger partial charge in [-0.25, -0.2) is 13.2 Å². The van der Waals surface area contributed by atoms with Crippen LogP contribution in [0.5, 0.6) is 5.75 Å². The molecule has 3 aromatic rings. The smallest absolute Gasteiger partial charge is 0.332 e. The normalized spacial score (nSPS) is 16.1. The molecule has 0 aliphatic carbocycles. The second-order valence-corrected chi connectivity index (χ2v) is 10.9. The van der Waals surface area contributed by atoms with Crippen molar-refractivity contribution in [3.8, 4) is 5.75 Å². The molecule has 0 amide bonds. The average Bonchev–Trinajstić information content (AvgIpc) is 2.89. The zero-order valence-corrected chi connectivity index (χ0v) is 21.7. The Kier molecular flexibility index (Phi) is 7.07. The van der Waals surface area contributed by atoms with E-state index in [1.54, 1.807) is 43.5 Å². The fraction of sp³-hybridized carbons (Fsp3) is 0.360. The van der Waals surface area contributed by atoms with E-state index in [0.717, 1.165) is 15.7 Å². The molecule has 192 valence electrons. The molecule has 1 aromatic heterocycles. The third-order valence-electron chi connectivity index (χ3n) is 6.75. The first kappa shape index (κ1) is 25.7. The van der Waals surface area contributed by atoms with Gasteiger partial charge in [0.25, 0.3) is 5.56 Å². The number of ether oxygens (including phenoxy) is 1. The Morgan fingerprint density at radius 2 is 1.47 bits per heavy atom. The van der Waals surface area contributed by atoms with Crippen molar-refractivity contribution in [2.24, 2.45) is 14.1 Å². The number of nitrogens with zero attached hydrogens (tertiary/aromatic N) is 4. The van der Waals surface area contributed by atoms with Gasteiger partial charge in [-0.1, -0.05) is 29.8 Å². The number of sulfonamides is 1. The molecule has 11 heteroatoms. The van der Waals surface area contributed by atoms with Crippen molar-refractivity contribution in [1.29, 1.82) is 0 Å². The van der Waals surface area contributed by atoms with E-state index in [1.807, 2.05) is 24.0 Å². The first-order valence-electron chi connectivity index (χ1n) is 11.6. The minimum atomic E-state index is -3.65. The third-order valence-corrected chi connectivity index (χ3v) is 8.66. The van der Waals surface area contributed by atoms with Gasteiger partial charge in [0.15, 0.2) is 0 Å². The largest absolute Gasteiger partial charge is 0.497 e. The number of rotatable bonds is 6. The van der Waals surface area contributed by atoms with Crippen molar-refractivity contribution in [2.75, 3.05) is 39.0 Å². The summed E-state index contributed by atoms with van der Waals surface area (Å²) < 4.78 is 35.4. The molecule has 0 bridgehead atoms. The highest BCUT2D eigenvalue weighted by atomic mass is 32.2. The molecule has 4 rings (SSSR count). The number of benzene rings is 2. The average molecular weight is 514 g/mol. The van der Waals surface area contributed by atoms with Gasteiger partial charge in [-0.05, 0) is 36.8 Å². The summed E-state index contributed by atoms with van der Waals surface area (Å²) in [6.07, 6.45) is 0. The predicted molar refractivity (Wildman–Crippen MR) is 138 cm³/mol. The van der Waals surface area contributed by atoms with Crippen LogP contribution in [0, 0.1) is 6.92 Å². The van der Waals surface area contributed by atoms with E-state index < -0.39 is 27.3 Å². The van der Waals surface area contributed by atoms with Gasteiger partial charge in [0.05, 0.1) is 23.6 Å². The highest BCUT2D eigenvalue weighted by Gasteiger charge is 2.35. The maximum absolute atomic E-state index is 13.3. The van der Waals surface area contributed by atoms with Crippen molar-refractivity contribution in [3.05, 3.63) is 86.1 Å². The quantitative estimate of drug-likeness (QED) is 0.524. The molecule has 2 heterocycles. The number of anilines is 1. The molecule has 1 atom stereocenters. The minimum absolute atomic E-state index is 0.0821. The van der Waals surface area contributed by atoms with Crippen LogP contribution in [-0.4, -0.2) is 60.0 Å². The van der Waals surface area contributed by atoms with Crippen LogP contribution < -0.4 is 21.7 Å². The van der Waals surface area contributed by atoms with E-state index in [4.69, 9.17) is 10.5 Å². The van der Waals surface area contributed by atoms with E-state index in [2.05, 4.69) is 0 Å². The van der Waals surface area contributed by atoms with E-state index in [0.29, 0.717) is 18.8 Å². The summed E-state index contributed by atoms with van der Waals surface area (Å²) in [7, 11) is 0.870. The van der Waals surface area contributed by atoms with Gasteiger partial charge >= 0.3 is 5.69 Å². The summed E-state index contributed by atoms with van der Waals surface area (Å²) >= 11 is 0. The maximum atomic E-state index is 13.3. The lowest BCUT2D eigenvalue weighted by Gasteiger charge is -2.39. The van der Waals surface area contributed by atoms with Gasteiger partial charge in [-0.2, -0.15) is 4.31 Å². The lowest BCUT2D eigenvalue weighted by atomic mass is 9.97. The monoisotopic (exact) mass is 513 g/mol. The van der Waals surface area contributed by atoms with E-state index in [9.17, 15) is 18.0 Å². The third kappa shape index (κ3) is 4.57. The van der Waals surface area contributed by atoms with Gasteiger partial charge in [0.1, 0.15) is 11.6 Å². The second kappa shape index (κ2) is 9.92. The molecule has 1 aliphatic heterocycles. The number of hydrogen-bond donors (Lipinski definition) is 1. The SMILES string of the molecule is COc1ccc(C(c2c(N)n(C)c(=O)n(C)c2=O)N2CCN(S(=O)(=O)c3ccc(C)cc3)CC2)cc1. The Balaban J connectivity index is 1.72. The number of piperazine rings is 1. The fourth-order valence-electron chi connectivity index (χ4n) is 4.55. The molecule has 1 fully saturated rings. The lowest BCUT2D eigenvalue weighted by molar-refractivity contribution is 0.154. The van der Waals surface area contributed by atoms with Crippen molar-refractivity contribution < 1.29 is 13.2 Å². The molecule has 1 aliphatic rings. The Hall–Kier alpha value is -3.41. The van der Waals surface area contributed by atoms with E-state index >= 15 is 0 Å². The molecule has 2 aromatic carbocycles. The number of methoxy groups -OCH3 is 1. The van der Waals surface area contributed by atoms with Crippen LogP contribution in [0.15, 0.2) is 63.0 Å². The first-order valence-corrected chi connectivity index (χ1v) is 13.0. The Bertz CT molecular complexity index is 1470. The topological polar surface area (TPSA) is 120 Å². The van der Waals surface area contributed by atoms with Crippen molar-refractivity contribution in [1.82, 2.24) is 18.3 Å². The molecule has 1 saturated heterocycles. The molecular formula is C25H31N5O5S. The lowest BCUT2D eigenvalue weighted by Crippen LogP contribution is -2.51. The second-order valence-electron chi connectivity index (χ2n) is 8.93. The minimum Gasteiger partial charge on any atom is -0.497 e. The van der Waals surface area contributed by atoms with Gasteiger partial charge in [0, 0.05) is 40.3 Å². The standard InChI is InChI=1S/C25H31N5O5S/c1-17-5-11-20(12-6-17)36(33,34)30-15-13-29(14-16-30)22(18-7-9-19(35-4)10-8-18)21-23(26)27(2)25(32)28(3)24(21)31/h5-12,22H,13-16,26H2,1-4H3. The number of aryl methyl sites for hydroxylation is 1. The van der Waals surface area contributed by atoms with Crippen molar-refractivity contribution >= 4 is 15.8 Å². The first-order chi connectivity index (χ1) is 17.1. The van der Waals surface area contributed by atoms with Crippen molar-refractivity contribution in [3.63, 3.8) is 0 Å². The zero-order chi connectivity index (χ0) is 26.2. The zero-order valence-electron chi connectivity index (χ0n) is 20.8. The summed E-state index contributed by atoms with van der Waals surface area (Å²) in [4.78, 5) is 28.0. The van der Waals surface area contributed by atoms with Gasteiger partial charge < -0.3 is 10.5 Å². The summed E-state index contributed by atoms with van der Waals surface area (Å²) in [5.41, 5.74) is 7.39. The highest BCUT2D eigenvalue weighted by Crippen LogP contribution is 2.32. The fourth-order valence-corrected chi connectivity index (χ4v) is 5.97. The molecule has 36 heavy (non-hydrogen) atoms. The number of aromatic nitrogens is 2. The predicted octanol–water partition coefficient (Wildman–Crippen LogP) is 1.08. The summed E-state index contributed by atoms with van der Waals surface area (Å²) in [5.74, 6) is 0.742. The maximum Gasteiger partial charge on any atom is 0.332 e. The van der Waals surface area contributed by atoms with Crippen LogP contribution >= 0.6 is 0 Å². The summed E-state index contributed by atoms with van der Waals surface area (Å²) in [5, 5.41) is 0. The number of hydrogen-bond acceptors (Lipinski definition) is 7.